The van der Waals surface area contributed by atoms with Crippen LogP contribution in [0.25, 0.3) is 0 Å². The van der Waals surface area contributed by atoms with Gasteiger partial charge in [-0.3, -0.25) is 4.79 Å². The predicted octanol–water partition coefficient (Wildman–Crippen LogP) is 1.98. The zero-order valence-electron chi connectivity index (χ0n) is 11.2. The van der Waals surface area contributed by atoms with Crippen LogP contribution in [0.2, 0.25) is 0 Å². The van der Waals surface area contributed by atoms with E-state index < -0.39 is 5.97 Å². The molecule has 0 radical (unpaired) electrons. The fraction of sp³-hybridized carbons (Fsp3) is 0.846. The summed E-state index contributed by atoms with van der Waals surface area (Å²) in [6, 6.07) is 0.166. The van der Waals surface area contributed by atoms with E-state index in [9.17, 15) is 9.59 Å². The van der Waals surface area contributed by atoms with E-state index in [2.05, 4.69) is 17.6 Å². The number of nitrogens with one attached hydrogen (secondary N) is 2. The smallest absolute Gasteiger partial charge is 0.315 e. The Balaban J connectivity index is 2.08. The van der Waals surface area contributed by atoms with E-state index in [0.717, 1.165) is 6.42 Å². The summed E-state index contributed by atoms with van der Waals surface area (Å²) in [6.07, 6.45) is 4.71. The van der Waals surface area contributed by atoms with Gasteiger partial charge in [0.15, 0.2) is 0 Å². The summed E-state index contributed by atoms with van der Waals surface area (Å²) in [6.45, 7) is 4.37. The summed E-state index contributed by atoms with van der Waals surface area (Å²) in [5, 5.41) is 14.5. The first kappa shape index (κ1) is 14.8. The molecule has 0 aromatic heterocycles. The molecule has 3 atom stereocenters. The third-order valence-electron chi connectivity index (χ3n) is 3.70. The second-order valence-corrected chi connectivity index (χ2v) is 5.30. The minimum absolute atomic E-state index is 0.128. The monoisotopic (exact) mass is 256 g/mol. The van der Waals surface area contributed by atoms with Crippen molar-refractivity contribution in [1.29, 1.82) is 0 Å². The third-order valence-corrected chi connectivity index (χ3v) is 3.70. The molecular formula is C13H24N2O3. The van der Waals surface area contributed by atoms with Gasteiger partial charge in [-0.05, 0) is 31.6 Å². The molecule has 2 amide bonds. The van der Waals surface area contributed by atoms with E-state index in [1.54, 1.807) is 6.92 Å². The highest BCUT2D eigenvalue weighted by Gasteiger charge is 2.24. The minimum atomic E-state index is -0.778. The summed E-state index contributed by atoms with van der Waals surface area (Å²) in [7, 11) is 0. The van der Waals surface area contributed by atoms with Gasteiger partial charge in [0, 0.05) is 12.6 Å². The van der Waals surface area contributed by atoms with Crippen LogP contribution in [0.15, 0.2) is 0 Å². The van der Waals surface area contributed by atoms with Crippen LogP contribution in [0, 0.1) is 11.8 Å². The molecule has 0 aromatic carbocycles. The molecule has 3 unspecified atom stereocenters. The Morgan fingerprint density at radius 1 is 1.39 bits per heavy atom. The third kappa shape index (κ3) is 4.94. The maximum Gasteiger partial charge on any atom is 0.315 e. The van der Waals surface area contributed by atoms with Gasteiger partial charge in [0.05, 0.1) is 5.92 Å². The van der Waals surface area contributed by atoms with Crippen LogP contribution in [0.5, 0.6) is 0 Å². The topological polar surface area (TPSA) is 78.4 Å². The molecule has 3 N–H and O–H groups in total. The quantitative estimate of drug-likeness (QED) is 0.636. The maximum atomic E-state index is 11.6. The average molecular weight is 256 g/mol. The number of carboxylic acids is 1. The molecule has 5 heteroatoms. The first-order valence-corrected chi connectivity index (χ1v) is 6.78. The van der Waals surface area contributed by atoms with Gasteiger partial charge in [-0.15, -0.1) is 0 Å². The highest BCUT2D eigenvalue weighted by Crippen LogP contribution is 2.24. The lowest BCUT2D eigenvalue weighted by atomic mass is 10.1. The largest absolute Gasteiger partial charge is 0.481 e. The lowest BCUT2D eigenvalue weighted by Gasteiger charge is -2.17. The van der Waals surface area contributed by atoms with Crippen molar-refractivity contribution in [2.24, 2.45) is 11.8 Å². The van der Waals surface area contributed by atoms with Gasteiger partial charge in [0.25, 0.3) is 0 Å². The van der Waals surface area contributed by atoms with Crippen molar-refractivity contribution < 1.29 is 14.7 Å². The van der Waals surface area contributed by atoms with Crippen LogP contribution in [-0.4, -0.2) is 29.7 Å². The number of carbonyl (C=O) groups is 2. The van der Waals surface area contributed by atoms with Gasteiger partial charge in [0.1, 0.15) is 0 Å². The van der Waals surface area contributed by atoms with Crippen molar-refractivity contribution in [3.8, 4) is 0 Å². The Labute approximate surface area is 108 Å². The second-order valence-electron chi connectivity index (χ2n) is 5.30. The van der Waals surface area contributed by atoms with E-state index in [1.807, 2.05) is 0 Å². The lowest BCUT2D eigenvalue weighted by molar-refractivity contribution is -0.141. The summed E-state index contributed by atoms with van der Waals surface area (Å²) in [4.78, 5) is 22.2. The van der Waals surface area contributed by atoms with Gasteiger partial charge in [-0.2, -0.15) is 0 Å². The van der Waals surface area contributed by atoms with Crippen LogP contribution in [0.1, 0.15) is 46.0 Å². The maximum absolute atomic E-state index is 11.6. The first-order valence-electron chi connectivity index (χ1n) is 6.78. The van der Waals surface area contributed by atoms with E-state index in [1.165, 1.54) is 12.8 Å². The summed E-state index contributed by atoms with van der Waals surface area (Å²) < 4.78 is 0. The Hall–Kier alpha value is -1.26. The normalized spacial score (nSPS) is 24.6. The minimum Gasteiger partial charge on any atom is -0.481 e. The molecule has 1 aliphatic rings. The van der Waals surface area contributed by atoms with Gasteiger partial charge >= 0.3 is 12.0 Å². The highest BCUT2D eigenvalue weighted by atomic mass is 16.4. The second kappa shape index (κ2) is 7.24. The number of hydrogen-bond donors (Lipinski definition) is 3. The summed E-state index contributed by atoms with van der Waals surface area (Å²) >= 11 is 0. The SMILES string of the molecule is CC(CCCNC(=O)NC1CCCC1C)C(=O)O. The average Bonchev–Trinajstić information content (AvgIpc) is 2.70. The molecular weight excluding hydrogens is 232 g/mol. The Bertz CT molecular complexity index is 294. The Kier molecular flexibility index (Phi) is 5.95. The molecule has 1 saturated carbocycles. The van der Waals surface area contributed by atoms with Crippen LogP contribution in [0.4, 0.5) is 4.79 Å². The molecule has 0 aliphatic heterocycles. The summed E-state index contributed by atoms with van der Waals surface area (Å²) in [5.41, 5.74) is 0. The first-order chi connectivity index (χ1) is 8.50. The standard InChI is InChI=1S/C13H24N2O3/c1-9-5-3-7-11(9)15-13(18)14-8-4-6-10(2)12(16)17/h9-11H,3-8H2,1-2H3,(H,16,17)(H2,14,15,18). The van der Waals surface area contributed by atoms with Crippen molar-refractivity contribution in [2.45, 2.75) is 52.0 Å². The van der Waals surface area contributed by atoms with Gasteiger partial charge in [0.2, 0.25) is 0 Å². The predicted molar refractivity (Wildman–Crippen MR) is 69.4 cm³/mol. The number of rotatable bonds is 6. The molecule has 1 aliphatic carbocycles. The molecule has 18 heavy (non-hydrogen) atoms. The molecule has 1 fully saturated rings. The van der Waals surface area contributed by atoms with Crippen LogP contribution in [0.3, 0.4) is 0 Å². The molecule has 1 rings (SSSR count). The lowest BCUT2D eigenvalue weighted by Crippen LogP contribution is -2.43. The van der Waals surface area contributed by atoms with Crippen molar-refractivity contribution in [3.05, 3.63) is 0 Å². The number of amides is 2. The molecule has 0 saturated heterocycles. The molecule has 0 spiro atoms. The zero-order chi connectivity index (χ0) is 13.5. The van der Waals surface area contributed by atoms with E-state index in [4.69, 9.17) is 5.11 Å². The number of aliphatic carboxylic acids is 1. The zero-order valence-corrected chi connectivity index (χ0v) is 11.2. The number of hydrogen-bond acceptors (Lipinski definition) is 2. The number of urea groups is 1. The van der Waals surface area contributed by atoms with Crippen molar-refractivity contribution >= 4 is 12.0 Å². The molecule has 5 nitrogen and oxygen atoms in total. The van der Waals surface area contributed by atoms with Crippen molar-refractivity contribution in [3.63, 3.8) is 0 Å². The van der Waals surface area contributed by atoms with Gasteiger partial charge in [-0.25, -0.2) is 4.79 Å². The number of carboxylic acid groups (broad SMARTS) is 1. The molecule has 0 bridgehead atoms. The molecule has 104 valence electrons. The highest BCUT2D eigenvalue weighted by molar-refractivity contribution is 5.74. The van der Waals surface area contributed by atoms with E-state index >= 15 is 0 Å². The summed E-state index contributed by atoms with van der Waals surface area (Å²) in [5.74, 6) is -0.563. The van der Waals surface area contributed by atoms with Crippen molar-refractivity contribution in [2.75, 3.05) is 6.54 Å². The fourth-order valence-electron chi connectivity index (χ4n) is 2.31. The van der Waals surface area contributed by atoms with E-state index in [0.29, 0.717) is 31.3 Å². The van der Waals surface area contributed by atoms with Crippen LogP contribution >= 0.6 is 0 Å². The van der Waals surface area contributed by atoms with Crippen molar-refractivity contribution in [1.82, 2.24) is 10.6 Å². The molecule has 0 heterocycles. The fourth-order valence-corrected chi connectivity index (χ4v) is 2.31. The van der Waals surface area contributed by atoms with Gasteiger partial charge in [-0.1, -0.05) is 20.3 Å². The van der Waals surface area contributed by atoms with Gasteiger partial charge < -0.3 is 15.7 Å². The van der Waals surface area contributed by atoms with E-state index in [-0.39, 0.29) is 11.9 Å². The Morgan fingerprint density at radius 2 is 2.11 bits per heavy atom. The Morgan fingerprint density at radius 3 is 2.67 bits per heavy atom. The van der Waals surface area contributed by atoms with Crippen LogP contribution in [-0.2, 0) is 4.79 Å². The van der Waals surface area contributed by atoms with Crippen LogP contribution < -0.4 is 10.6 Å². The number of carbonyl (C=O) groups excluding carboxylic acids is 1. The molecule has 0 aromatic rings.